The normalized spacial score (nSPS) is 27.7. The number of carbonyl (C=O) groups excluding carboxylic acids is 3. The zero-order valence-electron chi connectivity index (χ0n) is 21.3. The van der Waals surface area contributed by atoms with Gasteiger partial charge < -0.3 is 26.2 Å². The van der Waals surface area contributed by atoms with Crippen molar-refractivity contribution < 1.29 is 34.8 Å². The highest BCUT2D eigenvalue weighted by Crippen LogP contribution is 2.54. The van der Waals surface area contributed by atoms with E-state index in [0.717, 1.165) is 0 Å². The summed E-state index contributed by atoms with van der Waals surface area (Å²) in [6.07, 6.45) is 0.148. The summed E-state index contributed by atoms with van der Waals surface area (Å²) in [6, 6.07) is 0.569. The minimum absolute atomic E-state index is 0.000476. The molecule has 0 unspecified atom stereocenters. The number of nitrogens with zero attached hydrogens (tertiary/aromatic N) is 1. The Labute approximate surface area is 219 Å². The average Bonchev–Trinajstić information content (AvgIpc) is 2.74. The number of likely N-dealkylation sites (N-methyl/N-ethyl adjacent to an activating group) is 1. The number of aliphatic hydroxyl groups is 3. The van der Waals surface area contributed by atoms with Gasteiger partial charge >= 0.3 is 0 Å². The number of primary amides is 1. The topological polar surface area (TPSA) is 161 Å². The number of fused-ring (bicyclic) bond motifs is 3. The Morgan fingerprint density at radius 2 is 1.81 bits per heavy atom. The molecule has 4 rings (SSSR count). The van der Waals surface area contributed by atoms with Crippen LogP contribution in [0.25, 0.3) is 10.8 Å². The predicted molar refractivity (Wildman–Crippen MR) is 138 cm³/mol. The van der Waals surface area contributed by atoms with Gasteiger partial charge in [0.1, 0.15) is 22.8 Å². The maximum absolute atomic E-state index is 13.9. The van der Waals surface area contributed by atoms with Crippen LogP contribution in [0.15, 0.2) is 29.6 Å². The molecule has 3 aliphatic rings. The fraction of sp³-hybridized carbons (Fsp3) is 0.444. The van der Waals surface area contributed by atoms with Gasteiger partial charge in [-0.05, 0) is 55.5 Å². The van der Waals surface area contributed by atoms with Crippen LogP contribution in [-0.2, 0) is 26.2 Å². The van der Waals surface area contributed by atoms with E-state index in [-0.39, 0.29) is 34.8 Å². The Hall–Kier alpha value is -3.14. The van der Waals surface area contributed by atoms with Crippen molar-refractivity contribution in [3.63, 3.8) is 0 Å². The van der Waals surface area contributed by atoms with Gasteiger partial charge in [0.25, 0.3) is 5.91 Å². The van der Waals surface area contributed by atoms with Crippen molar-refractivity contribution in [1.29, 1.82) is 0 Å². The minimum atomic E-state index is -2.68. The van der Waals surface area contributed by atoms with Gasteiger partial charge in [0.15, 0.2) is 11.4 Å². The molecular formula is C27H31ClN2O7. The zero-order valence-corrected chi connectivity index (χ0v) is 22.1. The van der Waals surface area contributed by atoms with Crippen molar-refractivity contribution in [3.8, 4) is 5.75 Å². The first-order valence-electron chi connectivity index (χ1n) is 11.8. The lowest BCUT2D eigenvalue weighted by Crippen LogP contribution is -2.65. The highest BCUT2D eigenvalue weighted by atomic mass is 35.5. The molecule has 0 radical (unpaired) electrons. The van der Waals surface area contributed by atoms with Gasteiger partial charge in [-0.15, -0.1) is 0 Å². The zero-order chi connectivity index (χ0) is 27.9. The Kier molecular flexibility index (Phi) is 6.14. The van der Waals surface area contributed by atoms with E-state index in [4.69, 9.17) is 17.3 Å². The monoisotopic (exact) mass is 530 g/mol. The van der Waals surface area contributed by atoms with Crippen LogP contribution in [-0.4, -0.2) is 68.5 Å². The number of aliphatic hydroxyl groups excluding tert-OH is 2. The molecule has 37 heavy (non-hydrogen) atoms. The number of aromatic hydroxyl groups is 1. The lowest BCUT2D eigenvalue weighted by atomic mass is 9.57. The van der Waals surface area contributed by atoms with Crippen LogP contribution >= 0.6 is 11.6 Å². The summed E-state index contributed by atoms with van der Waals surface area (Å²) in [5, 5.41) is 45.5. The Bertz CT molecular complexity index is 1350. The molecule has 6 N–H and O–H groups in total. The number of phenols is 1. The molecule has 4 atom stereocenters. The smallest absolute Gasteiger partial charge is 0.255 e. The lowest BCUT2D eigenvalue weighted by Gasteiger charge is -2.50. The van der Waals surface area contributed by atoms with Crippen LogP contribution in [0.3, 0.4) is 0 Å². The van der Waals surface area contributed by atoms with E-state index in [0.29, 0.717) is 16.7 Å². The van der Waals surface area contributed by atoms with Crippen LogP contribution < -0.4 is 5.73 Å². The number of benzene rings is 1. The summed E-state index contributed by atoms with van der Waals surface area (Å²) in [7, 11) is 3.10. The highest BCUT2D eigenvalue weighted by Gasteiger charge is 2.64. The third-order valence-electron chi connectivity index (χ3n) is 7.82. The van der Waals surface area contributed by atoms with Crippen molar-refractivity contribution in [2.24, 2.45) is 17.6 Å². The maximum atomic E-state index is 13.9. The van der Waals surface area contributed by atoms with Crippen molar-refractivity contribution in [1.82, 2.24) is 4.90 Å². The summed E-state index contributed by atoms with van der Waals surface area (Å²) < 4.78 is 0. The first kappa shape index (κ1) is 26.9. The molecule has 1 amide bonds. The third-order valence-corrected chi connectivity index (χ3v) is 8.02. The molecule has 0 spiro atoms. The van der Waals surface area contributed by atoms with Crippen LogP contribution in [0.1, 0.15) is 49.4 Å². The van der Waals surface area contributed by atoms with E-state index in [1.54, 1.807) is 20.2 Å². The van der Waals surface area contributed by atoms with E-state index in [1.807, 2.05) is 20.8 Å². The number of rotatable bonds is 3. The highest BCUT2D eigenvalue weighted by molar-refractivity contribution is 6.48. The van der Waals surface area contributed by atoms with Crippen molar-refractivity contribution in [2.75, 3.05) is 14.1 Å². The molecule has 1 aromatic rings. The number of Topliss-reactive ketones (excluding diaryl/α,β-unsaturated/α-hetero) is 2. The van der Waals surface area contributed by atoms with E-state index in [9.17, 15) is 34.8 Å². The van der Waals surface area contributed by atoms with Gasteiger partial charge in [0.05, 0.1) is 11.6 Å². The minimum Gasteiger partial charge on any atom is -0.508 e. The summed E-state index contributed by atoms with van der Waals surface area (Å²) in [6.45, 7) is 9.41. The van der Waals surface area contributed by atoms with Gasteiger partial charge in [-0.3, -0.25) is 19.3 Å². The Morgan fingerprint density at radius 3 is 2.30 bits per heavy atom. The number of halogens is 1. The Morgan fingerprint density at radius 1 is 1.22 bits per heavy atom. The van der Waals surface area contributed by atoms with Crippen LogP contribution in [0, 0.1) is 11.8 Å². The number of ketones is 2. The number of hydrogen-bond acceptors (Lipinski definition) is 8. The molecule has 1 aromatic carbocycles. The van der Waals surface area contributed by atoms with Gasteiger partial charge in [0.2, 0.25) is 5.78 Å². The second-order valence-corrected chi connectivity index (χ2v) is 11.7. The quantitative estimate of drug-likeness (QED) is 0.372. The van der Waals surface area contributed by atoms with E-state index < -0.39 is 63.5 Å². The fourth-order valence-electron chi connectivity index (χ4n) is 6.13. The van der Waals surface area contributed by atoms with E-state index >= 15 is 0 Å². The van der Waals surface area contributed by atoms with Crippen LogP contribution in [0.2, 0.25) is 0 Å². The molecule has 9 nitrogen and oxygen atoms in total. The average molecular weight is 531 g/mol. The molecule has 1 fully saturated rings. The molecule has 1 saturated carbocycles. The van der Waals surface area contributed by atoms with Gasteiger partial charge in [0, 0.05) is 22.1 Å². The van der Waals surface area contributed by atoms with Crippen LogP contribution in [0.5, 0.6) is 5.75 Å². The molecule has 0 aliphatic heterocycles. The number of amides is 1. The Balaban J connectivity index is 2.04. The van der Waals surface area contributed by atoms with Crippen molar-refractivity contribution in [2.45, 2.75) is 50.7 Å². The molecule has 10 heteroatoms. The van der Waals surface area contributed by atoms with Gasteiger partial charge in [-0.1, -0.05) is 39.0 Å². The lowest BCUT2D eigenvalue weighted by molar-refractivity contribution is -0.153. The standard InChI is InChI=1S/C27H31ClN2O7/c1-10(28)12-9-15(26(2,3)4)20(31)17-13(12)7-11-8-14-19(30(5)6)22(33)18(25(29)36)24(35)27(14,37)23(34)16(11)21(17)32/h9,11,14,19,31-32,35,37H,1,7-8H2,2-6H3,(H2,29,36)/t11-,14-,19+,27-/m0/s1. The van der Waals surface area contributed by atoms with E-state index in [1.165, 1.54) is 4.90 Å². The molecule has 198 valence electrons. The number of carbonyl (C=O) groups is 3. The summed E-state index contributed by atoms with van der Waals surface area (Å²) >= 11 is 6.33. The van der Waals surface area contributed by atoms with E-state index in [2.05, 4.69) is 6.58 Å². The molecule has 3 aliphatic carbocycles. The predicted octanol–water partition coefficient (Wildman–Crippen LogP) is 2.47. The first-order chi connectivity index (χ1) is 17.0. The molecule has 0 heterocycles. The SMILES string of the molecule is C=C(Cl)c1cc(C(C)(C)C)c(O)c2c1C[C@H]1C[C@H]3[C@@H](N(C)C)C(=O)C(C(N)=O)=C(O)[C@@]3(O)C(=O)C1=C2O. The summed E-state index contributed by atoms with van der Waals surface area (Å²) in [5.41, 5.74) is 2.49. The van der Waals surface area contributed by atoms with Gasteiger partial charge in [-0.25, -0.2) is 0 Å². The van der Waals surface area contributed by atoms with Crippen LogP contribution in [0.4, 0.5) is 0 Å². The first-order valence-corrected chi connectivity index (χ1v) is 12.2. The second-order valence-electron chi connectivity index (χ2n) is 11.3. The van der Waals surface area contributed by atoms with Crippen molar-refractivity contribution >= 4 is 39.9 Å². The second kappa shape index (κ2) is 8.44. The fourth-order valence-corrected chi connectivity index (χ4v) is 6.29. The van der Waals surface area contributed by atoms with Gasteiger partial charge in [-0.2, -0.15) is 0 Å². The third kappa shape index (κ3) is 3.63. The summed E-state index contributed by atoms with van der Waals surface area (Å²) in [4.78, 5) is 40.6. The maximum Gasteiger partial charge on any atom is 0.255 e. The molecule has 0 saturated heterocycles. The largest absolute Gasteiger partial charge is 0.508 e. The number of phenolic OH excluding ortho intramolecular Hbond substituents is 1. The number of hydrogen-bond donors (Lipinski definition) is 5. The molecule has 0 aromatic heterocycles. The number of nitrogens with two attached hydrogens (primary N) is 1. The van der Waals surface area contributed by atoms with Crippen molar-refractivity contribution in [3.05, 3.63) is 51.8 Å². The molecule has 0 bridgehead atoms. The molecular weight excluding hydrogens is 500 g/mol. The summed E-state index contributed by atoms with van der Waals surface area (Å²) in [5.74, 6) is -6.87.